The lowest BCUT2D eigenvalue weighted by atomic mass is 9.98. The molecule has 0 saturated heterocycles. The molecule has 182 valence electrons. The summed E-state index contributed by atoms with van der Waals surface area (Å²) in [5.41, 5.74) is 4.88. The van der Waals surface area contributed by atoms with Gasteiger partial charge in [0.05, 0.1) is 5.01 Å². The van der Waals surface area contributed by atoms with E-state index in [4.69, 9.17) is 9.84 Å². The molecule has 3 aromatic rings. The molecule has 1 aliphatic carbocycles. The summed E-state index contributed by atoms with van der Waals surface area (Å²) in [5.74, 6) is -1.46. The third kappa shape index (κ3) is 5.68. The van der Waals surface area contributed by atoms with Gasteiger partial charge in [0.1, 0.15) is 18.8 Å². The lowest BCUT2D eigenvalue weighted by Gasteiger charge is -2.18. The van der Waals surface area contributed by atoms with Crippen molar-refractivity contribution < 1.29 is 24.2 Å². The van der Waals surface area contributed by atoms with Crippen LogP contribution in [-0.2, 0) is 16.0 Å². The van der Waals surface area contributed by atoms with Crippen molar-refractivity contribution in [1.82, 2.24) is 15.2 Å². The number of carbonyl (C=O) groups is 3. The van der Waals surface area contributed by atoms with Gasteiger partial charge in [-0.15, -0.1) is 11.3 Å². The molecule has 0 unspecified atom stereocenters. The summed E-state index contributed by atoms with van der Waals surface area (Å²) >= 11 is 1.30. The number of fused-ring (bicyclic) bond motifs is 3. The first-order valence-corrected chi connectivity index (χ1v) is 12.4. The topological polar surface area (TPSA) is 109 Å². The Hall–Kier alpha value is -3.72. The van der Waals surface area contributed by atoms with E-state index in [1.807, 2.05) is 31.2 Å². The van der Waals surface area contributed by atoms with Crippen LogP contribution in [0.15, 0.2) is 53.9 Å². The van der Waals surface area contributed by atoms with Gasteiger partial charge in [-0.05, 0) is 28.7 Å². The number of carbonyl (C=O) groups excluding carboxylic acids is 2. The summed E-state index contributed by atoms with van der Waals surface area (Å²) in [6.45, 7) is 2.42. The highest BCUT2D eigenvalue weighted by Crippen LogP contribution is 2.44. The molecule has 0 aliphatic heterocycles. The SMILES string of the molecule is CCCN(CC(=O)O)C(=O)c1csc(CCNC(=O)OCC2c3ccccc3-c3ccccc32)n1. The second-order valence-corrected chi connectivity index (χ2v) is 9.19. The van der Waals surface area contributed by atoms with Crippen LogP contribution in [0.1, 0.15) is 45.9 Å². The zero-order valence-electron chi connectivity index (χ0n) is 19.4. The van der Waals surface area contributed by atoms with Crippen LogP contribution < -0.4 is 5.32 Å². The summed E-state index contributed by atoms with van der Waals surface area (Å²) in [6, 6.07) is 16.3. The Morgan fingerprint density at radius 3 is 2.37 bits per heavy atom. The molecule has 0 spiro atoms. The highest BCUT2D eigenvalue weighted by molar-refractivity contribution is 7.09. The summed E-state index contributed by atoms with van der Waals surface area (Å²) in [6.07, 6.45) is 0.588. The number of benzene rings is 2. The molecular formula is C26H27N3O5S. The normalized spacial score (nSPS) is 12.0. The summed E-state index contributed by atoms with van der Waals surface area (Å²) in [7, 11) is 0. The van der Waals surface area contributed by atoms with Crippen molar-refractivity contribution in [3.05, 3.63) is 75.7 Å². The van der Waals surface area contributed by atoms with Crippen molar-refractivity contribution >= 4 is 29.3 Å². The fraction of sp³-hybridized carbons (Fsp3) is 0.308. The molecule has 2 aromatic carbocycles. The second kappa shape index (κ2) is 11.1. The molecule has 0 atom stereocenters. The van der Waals surface area contributed by atoms with E-state index in [1.54, 1.807) is 5.38 Å². The number of aliphatic carboxylic acids is 1. The molecule has 2 amide bonds. The monoisotopic (exact) mass is 493 g/mol. The smallest absolute Gasteiger partial charge is 0.407 e. The number of rotatable bonds is 10. The number of aromatic nitrogens is 1. The van der Waals surface area contributed by atoms with E-state index in [0.29, 0.717) is 30.9 Å². The molecule has 1 aliphatic rings. The first kappa shape index (κ1) is 24.4. The van der Waals surface area contributed by atoms with Gasteiger partial charge in [0, 0.05) is 30.8 Å². The van der Waals surface area contributed by atoms with Gasteiger partial charge in [0.2, 0.25) is 0 Å². The van der Waals surface area contributed by atoms with E-state index in [0.717, 1.165) is 11.1 Å². The number of ether oxygens (including phenoxy) is 1. The fourth-order valence-corrected chi connectivity index (χ4v) is 5.06. The number of carboxylic acid groups (broad SMARTS) is 1. The van der Waals surface area contributed by atoms with Gasteiger partial charge in [-0.2, -0.15) is 0 Å². The molecule has 2 N–H and O–H groups in total. The van der Waals surface area contributed by atoms with Crippen molar-refractivity contribution in [3.63, 3.8) is 0 Å². The highest BCUT2D eigenvalue weighted by atomic mass is 32.1. The van der Waals surface area contributed by atoms with Crippen LogP contribution in [0.4, 0.5) is 4.79 Å². The number of hydrogen-bond acceptors (Lipinski definition) is 6. The maximum absolute atomic E-state index is 12.6. The minimum absolute atomic E-state index is 0.00227. The molecule has 4 rings (SSSR count). The fourth-order valence-electron chi connectivity index (χ4n) is 4.29. The van der Waals surface area contributed by atoms with Crippen molar-refractivity contribution in [2.75, 3.05) is 26.2 Å². The van der Waals surface area contributed by atoms with Gasteiger partial charge in [0.15, 0.2) is 0 Å². The molecular weight excluding hydrogens is 466 g/mol. The zero-order chi connectivity index (χ0) is 24.8. The van der Waals surface area contributed by atoms with E-state index < -0.39 is 18.0 Å². The quantitative estimate of drug-likeness (QED) is 0.439. The molecule has 8 nitrogen and oxygen atoms in total. The average molecular weight is 494 g/mol. The third-order valence-corrected chi connectivity index (χ3v) is 6.74. The molecule has 0 fully saturated rings. The van der Waals surface area contributed by atoms with Crippen LogP contribution in [0, 0.1) is 0 Å². The van der Waals surface area contributed by atoms with Crippen LogP contribution in [0.5, 0.6) is 0 Å². The number of thiazole rings is 1. The van der Waals surface area contributed by atoms with Gasteiger partial charge in [0.25, 0.3) is 5.91 Å². The van der Waals surface area contributed by atoms with E-state index in [9.17, 15) is 14.4 Å². The van der Waals surface area contributed by atoms with E-state index in [2.05, 4.69) is 34.6 Å². The predicted octanol–water partition coefficient (Wildman–Crippen LogP) is 4.16. The molecule has 9 heteroatoms. The maximum Gasteiger partial charge on any atom is 0.407 e. The zero-order valence-corrected chi connectivity index (χ0v) is 20.2. The highest BCUT2D eigenvalue weighted by Gasteiger charge is 2.29. The number of nitrogens with one attached hydrogen (secondary N) is 1. The summed E-state index contributed by atoms with van der Waals surface area (Å²) < 4.78 is 5.53. The standard InChI is InChI=1S/C26H27N3O5S/c1-2-13-29(14-24(30)31)25(32)22-16-35-23(28-22)11-12-27-26(33)34-15-21-19-9-5-3-7-17(19)18-8-4-6-10-20(18)21/h3-10,16,21H,2,11-15H2,1H3,(H,27,33)(H,30,31). The van der Waals surface area contributed by atoms with Crippen molar-refractivity contribution in [2.45, 2.75) is 25.7 Å². The van der Waals surface area contributed by atoms with E-state index in [1.165, 1.54) is 27.4 Å². The van der Waals surface area contributed by atoms with Gasteiger partial charge < -0.3 is 20.1 Å². The molecule has 0 radical (unpaired) electrons. The van der Waals surface area contributed by atoms with Gasteiger partial charge in [-0.3, -0.25) is 9.59 Å². The van der Waals surface area contributed by atoms with Crippen LogP contribution >= 0.6 is 11.3 Å². The van der Waals surface area contributed by atoms with E-state index in [-0.39, 0.29) is 24.8 Å². The van der Waals surface area contributed by atoms with Gasteiger partial charge >= 0.3 is 12.1 Å². The molecule has 1 heterocycles. The number of carboxylic acids is 1. The van der Waals surface area contributed by atoms with Crippen molar-refractivity contribution in [1.29, 1.82) is 0 Å². The first-order valence-electron chi connectivity index (χ1n) is 11.5. The Morgan fingerprint density at radius 2 is 1.74 bits per heavy atom. The Bertz CT molecular complexity index is 1180. The largest absolute Gasteiger partial charge is 0.480 e. The van der Waals surface area contributed by atoms with Crippen LogP contribution in [0.25, 0.3) is 11.1 Å². The Balaban J connectivity index is 1.27. The third-order valence-electron chi connectivity index (χ3n) is 5.83. The van der Waals surface area contributed by atoms with Crippen molar-refractivity contribution in [3.8, 4) is 11.1 Å². The van der Waals surface area contributed by atoms with Crippen LogP contribution in [-0.4, -0.2) is 59.2 Å². The van der Waals surface area contributed by atoms with Crippen LogP contribution in [0.3, 0.4) is 0 Å². The summed E-state index contributed by atoms with van der Waals surface area (Å²) in [4.78, 5) is 41.5. The second-order valence-electron chi connectivity index (χ2n) is 8.25. The molecule has 1 aromatic heterocycles. The molecule has 0 bridgehead atoms. The number of amides is 2. The van der Waals surface area contributed by atoms with Gasteiger partial charge in [-0.25, -0.2) is 9.78 Å². The predicted molar refractivity (Wildman–Crippen MR) is 133 cm³/mol. The molecule has 35 heavy (non-hydrogen) atoms. The lowest BCUT2D eigenvalue weighted by molar-refractivity contribution is -0.137. The lowest BCUT2D eigenvalue weighted by Crippen LogP contribution is -2.36. The minimum atomic E-state index is -1.06. The maximum atomic E-state index is 12.6. The van der Waals surface area contributed by atoms with E-state index >= 15 is 0 Å². The Kier molecular flexibility index (Phi) is 7.77. The number of alkyl carbamates (subject to hydrolysis) is 1. The Labute approximate surface area is 207 Å². The number of hydrogen-bond donors (Lipinski definition) is 2. The first-order chi connectivity index (χ1) is 17.0. The van der Waals surface area contributed by atoms with Crippen molar-refractivity contribution in [2.24, 2.45) is 0 Å². The Morgan fingerprint density at radius 1 is 1.09 bits per heavy atom. The van der Waals surface area contributed by atoms with Gasteiger partial charge in [-0.1, -0.05) is 55.5 Å². The molecule has 0 saturated carbocycles. The minimum Gasteiger partial charge on any atom is -0.480 e. The average Bonchev–Trinajstić information content (AvgIpc) is 3.45. The summed E-state index contributed by atoms with van der Waals surface area (Å²) in [5, 5.41) is 14.1. The van der Waals surface area contributed by atoms with Crippen LogP contribution in [0.2, 0.25) is 0 Å². The number of nitrogens with zero attached hydrogens (tertiary/aromatic N) is 2.